The predicted molar refractivity (Wildman–Crippen MR) is 79.6 cm³/mol. The molecule has 0 amide bonds. The molecule has 1 aromatic rings. The third-order valence-electron chi connectivity index (χ3n) is 3.64. The minimum Gasteiger partial charge on any atom is -0.492 e. The number of hydrogen-bond acceptors (Lipinski definition) is 3. The standard InChI is InChI=1S/C16H26N2O/c1-12-6-13(2)9-16(8-12)19-5-4-18-10-14(3)7-15(17)11-18/h6,8-9,14-15H,4-5,7,10-11,17H2,1-3H3. The first kappa shape index (κ1) is 14.4. The van der Waals surface area contributed by atoms with Crippen LogP contribution in [0.4, 0.5) is 0 Å². The van der Waals surface area contributed by atoms with E-state index < -0.39 is 0 Å². The molecule has 1 heterocycles. The first-order valence-corrected chi connectivity index (χ1v) is 7.22. The molecule has 3 heteroatoms. The average Bonchev–Trinajstić information content (AvgIpc) is 2.26. The molecule has 0 saturated carbocycles. The van der Waals surface area contributed by atoms with Crippen LogP contribution in [-0.4, -0.2) is 37.2 Å². The van der Waals surface area contributed by atoms with Gasteiger partial charge in [0.1, 0.15) is 12.4 Å². The van der Waals surface area contributed by atoms with Gasteiger partial charge in [-0.1, -0.05) is 13.0 Å². The maximum atomic E-state index is 6.06. The molecule has 0 aromatic heterocycles. The Kier molecular flexibility index (Phi) is 4.83. The van der Waals surface area contributed by atoms with E-state index in [-0.39, 0.29) is 0 Å². The van der Waals surface area contributed by atoms with E-state index in [0.717, 1.165) is 38.4 Å². The van der Waals surface area contributed by atoms with E-state index in [0.29, 0.717) is 12.0 Å². The van der Waals surface area contributed by atoms with E-state index in [1.165, 1.54) is 11.1 Å². The lowest BCUT2D eigenvalue weighted by Gasteiger charge is -2.34. The first-order valence-electron chi connectivity index (χ1n) is 7.22. The molecule has 1 saturated heterocycles. The molecule has 1 aliphatic rings. The van der Waals surface area contributed by atoms with E-state index in [1.807, 2.05) is 0 Å². The first-order chi connectivity index (χ1) is 9.02. The van der Waals surface area contributed by atoms with Crippen molar-refractivity contribution in [3.63, 3.8) is 0 Å². The van der Waals surface area contributed by atoms with Gasteiger partial charge in [0.05, 0.1) is 0 Å². The summed E-state index contributed by atoms with van der Waals surface area (Å²) in [5.74, 6) is 1.68. The molecule has 2 N–H and O–H groups in total. The highest BCUT2D eigenvalue weighted by Crippen LogP contribution is 2.17. The second-order valence-electron chi connectivity index (χ2n) is 6.03. The van der Waals surface area contributed by atoms with Crippen LogP contribution in [-0.2, 0) is 0 Å². The zero-order chi connectivity index (χ0) is 13.8. The van der Waals surface area contributed by atoms with Crippen LogP contribution in [0.25, 0.3) is 0 Å². The van der Waals surface area contributed by atoms with Crippen molar-refractivity contribution in [2.75, 3.05) is 26.2 Å². The quantitative estimate of drug-likeness (QED) is 0.905. The van der Waals surface area contributed by atoms with Gasteiger partial charge in [-0.15, -0.1) is 0 Å². The Bertz CT molecular complexity index is 389. The zero-order valence-corrected chi connectivity index (χ0v) is 12.4. The summed E-state index contributed by atoms with van der Waals surface area (Å²) in [6.45, 7) is 10.3. The normalized spacial score (nSPS) is 24.4. The Balaban J connectivity index is 1.79. The Labute approximate surface area is 116 Å². The van der Waals surface area contributed by atoms with Crippen LogP contribution in [0.5, 0.6) is 5.75 Å². The topological polar surface area (TPSA) is 38.5 Å². The van der Waals surface area contributed by atoms with Crippen molar-refractivity contribution < 1.29 is 4.74 Å². The van der Waals surface area contributed by atoms with Crippen LogP contribution in [0, 0.1) is 19.8 Å². The Morgan fingerprint density at radius 3 is 2.53 bits per heavy atom. The summed E-state index contributed by atoms with van der Waals surface area (Å²) in [6, 6.07) is 6.68. The average molecular weight is 262 g/mol. The molecule has 106 valence electrons. The molecular formula is C16H26N2O. The predicted octanol–water partition coefficient (Wildman–Crippen LogP) is 2.35. The van der Waals surface area contributed by atoms with E-state index in [2.05, 4.69) is 43.9 Å². The number of nitrogens with two attached hydrogens (primary N) is 1. The van der Waals surface area contributed by atoms with Crippen LogP contribution in [0.3, 0.4) is 0 Å². The second kappa shape index (κ2) is 6.40. The number of hydrogen-bond donors (Lipinski definition) is 1. The fourth-order valence-electron chi connectivity index (χ4n) is 3.00. The fraction of sp³-hybridized carbons (Fsp3) is 0.625. The van der Waals surface area contributed by atoms with Crippen LogP contribution in [0.15, 0.2) is 18.2 Å². The van der Waals surface area contributed by atoms with Gasteiger partial charge in [-0.25, -0.2) is 0 Å². The Hall–Kier alpha value is -1.06. The summed E-state index contributed by atoms with van der Waals surface area (Å²) in [5, 5.41) is 0. The highest BCUT2D eigenvalue weighted by atomic mass is 16.5. The summed E-state index contributed by atoms with van der Waals surface area (Å²) < 4.78 is 5.86. The molecule has 1 fully saturated rings. The summed E-state index contributed by atoms with van der Waals surface area (Å²) in [7, 11) is 0. The number of aryl methyl sites for hydroxylation is 2. The van der Waals surface area contributed by atoms with Crippen molar-refractivity contribution in [3.05, 3.63) is 29.3 Å². The molecule has 3 nitrogen and oxygen atoms in total. The lowest BCUT2D eigenvalue weighted by molar-refractivity contribution is 0.140. The number of rotatable bonds is 4. The highest BCUT2D eigenvalue weighted by molar-refractivity contribution is 5.32. The van der Waals surface area contributed by atoms with Gasteiger partial charge in [-0.3, -0.25) is 4.90 Å². The van der Waals surface area contributed by atoms with Crippen LogP contribution < -0.4 is 10.5 Å². The highest BCUT2D eigenvalue weighted by Gasteiger charge is 2.21. The van der Waals surface area contributed by atoms with Gasteiger partial charge in [-0.05, 0) is 49.4 Å². The number of ether oxygens (including phenoxy) is 1. The molecule has 2 atom stereocenters. The van der Waals surface area contributed by atoms with Crippen LogP contribution in [0.2, 0.25) is 0 Å². The number of benzene rings is 1. The zero-order valence-electron chi connectivity index (χ0n) is 12.4. The second-order valence-corrected chi connectivity index (χ2v) is 6.03. The largest absolute Gasteiger partial charge is 0.492 e. The maximum absolute atomic E-state index is 6.06. The molecule has 2 unspecified atom stereocenters. The monoisotopic (exact) mass is 262 g/mol. The number of piperidine rings is 1. The smallest absolute Gasteiger partial charge is 0.119 e. The molecule has 0 bridgehead atoms. The van der Waals surface area contributed by atoms with Crippen LogP contribution in [0.1, 0.15) is 24.5 Å². The Morgan fingerprint density at radius 2 is 1.89 bits per heavy atom. The molecule has 2 rings (SSSR count). The lowest BCUT2D eigenvalue weighted by atomic mass is 9.97. The van der Waals surface area contributed by atoms with Gasteiger partial charge in [-0.2, -0.15) is 0 Å². The summed E-state index contributed by atoms with van der Waals surface area (Å²) in [6.07, 6.45) is 1.15. The third kappa shape index (κ3) is 4.51. The van der Waals surface area contributed by atoms with Gasteiger partial charge >= 0.3 is 0 Å². The van der Waals surface area contributed by atoms with E-state index in [1.54, 1.807) is 0 Å². The van der Waals surface area contributed by atoms with E-state index in [4.69, 9.17) is 10.5 Å². The van der Waals surface area contributed by atoms with Gasteiger partial charge < -0.3 is 10.5 Å². The van der Waals surface area contributed by atoms with Gasteiger partial charge in [0.25, 0.3) is 0 Å². The van der Waals surface area contributed by atoms with Crippen molar-refractivity contribution in [1.82, 2.24) is 4.90 Å². The van der Waals surface area contributed by atoms with Gasteiger partial charge in [0, 0.05) is 25.7 Å². The molecule has 1 aromatic carbocycles. The SMILES string of the molecule is Cc1cc(C)cc(OCCN2CC(C)CC(N)C2)c1. The molecule has 0 spiro atoms. The van der Waals surface area contributed by atoms with Crippen molar-refractivity contribution in [2.45, 2.75) is 33.2 Å². The van der Waals surface area contributed by atoms with E-state index in [9.17, 15) is 0 Å². The van der Waals surface area contributed by atoms with Crippen molar-refractivity contribution in [1.29, 1.82) is 0 Å². The van der Waals surface area contributed by atoms with Crippen molar-refractivity contribution in [2.24, 2.45) is 11.7 Å². The lowest BCUT2D eigenvalue weighted by Crippen LogP contribution is -2.47. The van der Waals surface area contributed by atoms with Gasteiger partial charge in [0.2, 0.25) is 0 Å². The minimum atomic E-state index is 0.324. The molecular weight excluding hydrogens is 236 g/mol. The number of likely N-dealkylation sites (tertiary alicyclic amines) is 1. The van der Waals surface area contributed by atoms with Gasteiger partial charge in [0.15, 0.2) is 0 Å². The molecule has 0 radical (unpaired) electrons. The minimum absolute atomic E-state index is 0.324. The fourth-order valence-corrected chi connectivity index (χ4v) is 3.00. The number of nitrogens with zero attached hydrogens (tertiary/aromatic N) is 1. The summed E-state index contributed by atoms with van der Waals surface area (Å²) in [4.78, 5) is 2.42. The third-order valence-corrected chi connectivity index (χ3v) is 3.64. The maximum Gasteiger partial charge on any atom is 0.119 e. The summed E-state index contributed by atoms with van der Waals surface area (Å²) in [5.41, 5.74) is 8.56. The molecule has 19 heavy (non-hydrogen) atoms. The van der Waals surface area contributed by atoms with Crippen LogP contribution >= 0.6 is 0 Å². The summed E-state index contributed by atoms with van der Waals surface area (Å²) >= 11 is 0. The Morgan fingerprint density at radius 1 is 1.21 bits per heavy atom. The molecule has 0 aliphatic carbocycles. The van der Waals surface area contributed by atoms with E-state index >= 15 is 0 Å². The van der Waals surface area contributed by atoms with Crippen molar-refractivity contribution in [3.8, 4) is 5.75 Å². The van der Waals surface area contributed by atoms with Crippen molar-refractivity contribution >= 4 is 0 Å². The molecule has 1 aliphatic heterocycles.